The van der Waals surface area contributed by atoms with E-state index in [1.165, 1.54) is 36.3 Å². The van der Waals surface area contributed by atoms with Crippen molar-refractivity contribution in [2.75, 3.05) is 37.5 Å². The molecule has 4 nitrogen and oxygen atoms in total. The van der Waals surface area contributed by atoms with Gasteiger partial charge < -0.3 is 5.32 Å². The van der Waals surface area contributed by atoms with E-state index in [4.69, 9.17) is 9.97 Å². The number of hydrogen-bond acceptors (Lipinski definition) is 5. The minimum atomic E-state index is 0.370. The van der Waals surface area contributed by atoms with Crippen molar-refractivity contribution in [3.05, 3.63) is 17.1 Å². The number of nitrogens with one attached hydrogen (secondary N) is 1. The second-order valence-electron chi connectivity index (χ2n) is 5.74. The lowest BCUT2D eigenvalue weighted by Crippen LogP contribution is -2.34. The summed E-state index contributed by atoms with van der Waals surface area (Å²) >= 11 is 2.01. The van der Waals surface area contributed by atoms with Gasteiger partial charge in [-0.2, -0.15) is 11.8 Å². The number of anilines is 1. The van der Waals surface area contributed by atoms with E-state index in [2.05, 4.69) is 17.3 Å². The lowest BCUT2D eigenvalue weighted by Gasteiger charge is -2.31. The van der Waals surface area contributed by atoms with E-state index in [0.717, 1.165) is 36.8 Å². The van der Waals surface area contributed by atoms with Crippen LogP contribution in [-0.2, 0) is 12.8 Å². The molecule has 0 aromatic carbocycles. The predicted octanol–water partition coefficient (Wildman–Crippen LogP) is 2.51. The summed E-state index contributed by atoms with van der Waals surface area (Å²) in [4.78, 5) is 12.2. The Morgan fingerprint density at radius 3 is 2.85 bits per heavy atom. The number of thioether (sulfide) groups is 1. The first kappa shape index (κ1) is 14.1. The lowest BCUT2D eigenvalue weighted by atomic mass is 10.1. The zero-order valence-corrected chi connectivity index (χ0v) is 13.3. The normalized spacial score (nSPS) is 24.0. The molecule has 2 heterocycles. The van der Waals surface area contributed by atoms with Crippen molar-refractivity contribution in [2.45, 2.75) is 38.1 Å². The molecule has 1 fully saturated rings. The zero-order chi connectivity index (χ0) is 13.9. The van der Waals surface area contributed by atoms with E-state index in [9.17, 15) is 0 Å². The van der Waals surface area contributed by atoms with Gasteiger partial charge in [0.25, 0.3) is 0 Å². The van der Waals surface area contributed by atoms with Crippen LogP contribution in [-0.4, -0.2) is 47.0 Å². The van der Waals surface area contributed by atoms with Gasteiger partial charge in [-0.25, -0.2) is 9.97 Å². The molecule has 0 spiro atoms. The van der Waals surface area contributed by atoms with Gasteiger partial charge in [-0.3, -0.25) is 4.90 Å². The molecule has 0 bridgehead atoms. The summed E-state index contributed by atoms with van der Waals surface area (Å²) in [5.74, 6) is 4.41. The second kappa shape index (κ2) is 6.31. The molecule has 1 unspecified atom stereocenters. The molecule has 1 aromatic rings. The summed E-state index contributed by atoms with van der Waals surface area (Å²) in [5, 5.41) is 3.30. The van der Waals surface area contributed by atoms with Crippen LogP contribution in [0.1, 0.15) is 42.4 Å². The zero-order valence-electron chi connectivity index (χ0n) is 12.5. The van der Waals surface area contributed by atoms with Crippen molar-refractivity contribution < 1.29 is 0 Å². The van der Waals surface area contributed by atoms with Crippen LogP contribution in [0.25, 0.3) is 0 Å². The third-order valence-corrected chi connectivity index (χ3v) is 5.40. The summed E-state index contributed by atoms with van der Waals surface area (Å²) in [7, 11) is 4.18. The van der Waals surface area contributed by atoms with Gasteiger partial charge >= 0.3 is 0 Å². The number of fused-ring (bicyclic) bond motifs is 1. The van der Waals surface area contributed by atoms with E-state index in [0.29, 0.717) is 6.04 Å². The standard InChI is InChI=1S/C15H24N4S/c1-16-14-11-6-4-3-5-7-12(11)17-15(18-14)13-10-20-9-8-19(13)2/h13H,3-10H2,1-2H3,(H,16,17,18). The average Bonchev–Trinajstić information content (AvgIpc) is 2.72. The van der Waals surface area contributed by atoms with Gasteiger partial charge in [0.05, 0.1) is 6.04 Å². The third-order valence-electron chi connectivity index (χ3n) is 4.38. The molecule has 0 amide bonds. The molecule has 1 saturated heterocycles. The molecule has 110 valence electrons. The van der Waals surface area contributed by atoms with Crippen LogP contribution in [0.2, 0.25) is 0 Å². The molecular formula is C15H24N4S. The van der Waals surface area contributed by atoms with Crippen molar-refractivity contribution in [1.82, 2.24) is 14.9 Å². The molecule has 3 rings (SSSR count). The molecule has 1 atom stereocenters. The van der Waals surface area contributed by atoms with Crippen LogP contribution in [0.4, 0.5) is 5.82 Å². The van der Waals surface area contributed by atoms with Crippen LogP contribution in [0, 0.1) is 0 Å². The summed E-state index contributed by atoms with van der Waals surface area (Å²) in [6, 6.07) is 0.370. The largest absolute Gasteiger partial charge is 0.373 e. The van der Waals surface area contributed by atoms with Gasteiger partial charge in [0.1, 0.15) is 11.6 Å². The number of rotatable bonds is 2. The van der Waals surface area contributed by atoms with Crippen LogP contribution >= 0.6 is 11.8 Å². The number of aryl methyl sites for hydroxylation is 1. The molecule has 1 N–H and O–H groups in total. The maximum absolute atomic E-state index is 4.95. The summed E-state index contributed by atoms with van der Waals surface area (Å²) in [5.41, 5.74) is 2.65. The van der Waals surface area contributed by atoms with Gasteiger partial charge in [0.2, 0.25) is 0 Å². The molecular weight excluding hydrogens is 268 g/mol. The second-order valence-corrected chi connectivity index (χ2v) is 6.89. The molecule has 20 heavy (non-hydrogen) atoms. The number of hydrogen-bond donors (Lipinski definition) is 1. The molecule has 1 aromatic heterocycles. The number of nitrogens with zero attached hydrogens (tertiary/aromatic N) is 3. The van der Waals surface area contributed by atoms with E-state index in [1.54, 1.807) is 0 Å². The van der Waals surface area contributed by atoms with E-state index in [1.807, 2.05) is 18.8 Å². The Bertz CT molecular complexity index is 477. The minimum Gasteiger partial charge on any atom is -0.373 e. The highest BCUT2D eigenvalue weighted by Crippen LogP contribution is 2.30. The quantitative estimate of drug-likeness (QED) is 0.848. The fourth-order valence-corrected chi connectivity index (χ4v) is 4.31. The highest BCUT2D eigenvalue weighted by molar-refractivity contribution is 7.99. The average molecular weight is 292 g/mol. The Morgan fingerprint density at radius 1 is 1.20 bits per heavy atom. The maximum Gasteiger partial charge on any atom is 0.148 e. The lowest BCUT2D eigenvalue weighted by molar-refractivity contribution is 0.264. The van der Waals surface area contributed by atoms with E-state index in [-0.39, 0.29) is 0 Å². The maximum atomic E-state index is 4.95. The summed E-state index contributed by atoms with van der Waals surface area (Å²) < 4.78 is 0. The van der Waals surface area contributed by atoms with Crippen LogP contribution in [0.15, 0.2) is 0 Å². The topological polar surface area (TPSA) is 41.1 Å². The Hall–Kier alpha value is -0.810. The highest BCUT2D eigenvalue weighted by Gasteiger charge is 2.26. The highest BCUT2D eigenvalue weighted by atomic mass is 32.2. The first-order valence-electron chi connectivity index (χ1n) is 7.65. The Labute approximate surface area is 125 Å². The fourth-order valence-electron chi connectivity index (χ4n) is 3.10. The minimum absolute atomic E-state index is 0.370. The molecule has 2 aliphatic rings. The molecule has 5 heteroatoms. The van der Waals surface area contributed by atoms with Gasteiger partial charge in [-0.05, 0) is 32.7 Å². The monoisotopic (exact) mass is 292 g/mol. The first-order chi connectivity index (χ1) is 9.79. The van der Waals surface area contributed by atoms with Gasteiger partial charge in [-0.1, -0.05) is 6.42 Å². The van der Waals surface area contributed by atoms with Gasteiger partial charge in [0, 0.05) is 36.4 Å². The van der Waals surface area contributed by atoms with Gasteiger partial charge in [-0.15, -0.1) is 0 Å². The Morgan fingerprint density at radius 2 is 2.05 bits per heavy atom. The number of aromatic nitrogens is 2. The van der Waals surface area contributed by atoms with Crippen LogP contribution in [0.5, 0.6) is 0 Å². The van der Waals surface area contributed by atoms with Crippen molar-refractivity contribution in [3.8, 4) is 0 Å². The van der Waals surface area contributed by atoms with E-state index < -0.39 is 0 Å². The molecule has 1 aliphatic heterocycles. The van der Waals surface area contributed by atoms with Crippen LogP contribution in [0.3, 0.4) is 0 Å². The predicted molar refractivity (Wildman–Crippen MR) is 85.5 cm³/mol. The van der Waals surface area contributed by atoms with Crippen molar-refractivity contribution in [3.63, 3.8) is 0 Å². The summed E-state index contributed by atoms with van der Waals surface area (Å²) in [6.45, 7) is 1.13. The summed E-state index contributed by atoms with van der Waals surface area (Å²) in [6.07, 6.45) is 6.09. The van der Waals surface area contributed by atoms with Crippen molar-refractivity contribution in [2.24, 2.45) is 0 Å². The third kappa shape index (κ3) is 2.79. The Kier molecular flexibility index (Phi) is 4.46. The first-order valence-corrected chi connectivity index (χ1v) is 8.80. The molecule has 0 radical (unpaired) electrons. The molecule has 1 aliphatic carbocycles. The molecule has 0 saturated carbocycles. The SMILES string of the molecule is CNc1nc(C2CSCCN2C)nc2c1CCCCC2. The van der Waals surface area contributed by atoms with Crippen molar-refractivity contribution in [1.29, 1.82) is 0 Å². The van der Waals surface area contributed by atoms with Crippen molar-refractivity contribution >= 4 is 17.6 Å². The van der Waals surface area contributed by atoms with E-state index >= 15 is 0 Å². The Balaban J connectivity index is 1.97. The smallest absolute Gasteiger partial charge is 0.148 e. The fraction of sp³-hybridized carbons (Fsp3) is 0.733. The van der Waals surface area contributed by atoms with Gasteiger partial charge in [0.15, 0.2) is 0 Å². The van der Waals surface area contributed by atoms with Crippen LogP contribution < -0.4 is 5.32 Å².